The summed E-state index contributed by atoms with van der Waals surface area (Å²) in [5.41, 5.74) is 0. The Labute approximate surface area is 98.2 Å². The number of nitrogens with zero attached hydrogens (tertiary/aromatic N) is 3. The fourth-order valence-electron chi connectivity index (χ4n) is 1.88. The average molecular weight is 261 g/mol. The second-order valence-electron chi connectivity index (χ2n) is 3.81. The van der Waals surface area contributed by atoms with E-state index in [2.05, 4.69) is 5.10 Å². The van der Waals surface area contributed by atoms with E-state index in [0.717, 1.165) is 0 Å². The van der Waals surface area contributed by atoms with Crippen molar-refractivity contribution in [1.82, 2.24) is 9.78 Å². The van der Waals surface area contributed by atoms with E-state index >= 15 is 0 Å². The second-order valence-corrected chi connectivity index (χ2v) is 5.43. The van der Waals surface area contributed by atoms with Gasteiger partial charge in [0, 0.05) is 25.6 Å². The standard InChI is InChI=1S/C9H12FN3O3S/c1-2-13-8(3-4-11-13)12-6-7(5-9(12)14)17(10,15)16/h3-4,7H,2,5-6H2,1H3. The third-order valence-corrected chi connectivity index (χ3v) is 3.87. The van der Waals surface area contributed by atoms with Gasteiger partial charge in [-0.05, 0) is 6.92 Å². The first-order valence-electron chi connectivity index (χ1n) is 5.19. The predicted octanol–water partition coefficient (Wildman–Crippen LogP) is 0.308. The highest BCUT2D eigenvalue weighted by Crippen LogP contribution is 2.25. The molecule has 0 spiro atoms. The molecule has 2 rings (SSSR count). The van der Waals surface area contributed by atoms with Gasteiger partial charge in [0.05, 0.1) is 6.20 Å². The van der Waals surface area contributed by atoms with E-state index in [1.165, 1.54) is 11.1 Å². The van der Waals surface area contributed by atoms with Gasteiger partial charge in [0.25, 0.3) is 0 Å². The lowest BCUT2D eigenvalue weighted by Gasteiger charge is -2.16. The maximum atomic E-state index is 12.8. The van der Waals surface area contributed by atoms with Gasteiger partial charge in [-0.2, -0.15) is 13.5 Å². The van der Waals surface area contributed by atoms with Crippen LogP contribution in [0.2, 0.25) is 0 Å². The highest BCUT2D eigenvalue weighted by Gasteiger charge is 2.39. The molecule has 0 N–H and O–H groups in total. The number of amides is 1. The largest absolute Gasteiger partial charge is 0.307 e. The molecule has 1 aromatic rings. The highest BCUT2D eigenvalue weighted by molar-refractivity contribution is 7.87. The molecule has 0 aliphatic carbocycles. The van der Waals surface area contributed by atoms with Crippen LogP contribution in [0.25, 0.3) is 0 Å². The number of halogens is 1. The molecular formula is C9H12FN3O3S. The van der Waals surface area contributed by atoms with Gasteiger partial charge in [0.2, 0.25) is 5.91 Å². The van der Waals surface area contributed by atoms with Gasteiger partial charge in [-0.25, -0.2) is 4.68 Å². The van der Waals surface area contributed by atoms with Crippen molar-refractivity contribution in [1.29, 1.82) is 0 Å². The minimum atomic E-state index is -4.67. The van der Waals surface area contributed by atoms with E-state index in [0.29, 0.717) is 12.4 Å². The van der Waals surface area contributed by atoms with Crippen molar-refractivity contribution in [3.63, 3.8) is 0 Å². The van der Waals surface area contributed by atoms with Crippen LogP contribution in [0.4, 0.5) is 9.70 Å². The molecule has 17 heavy (non-hydrogen) atoms. The molecule has 0 saturated carbocycles. The molecule has 1 atom stereocenters. The number of anilines is 1. The molecule has 0 bridgehead atoms. The fourth-order valence-corrected chi connectivity index (χ4v) is 2.55. The fraction of sp³-hybridized carbons (Fsp3) is 0.556. The van der Waals surface area contributed by atoms with Crippen molar-refractivity contribution in [2.75, 3.05) is 11.4 Å². The summed E-state index contributed by atoms with van der Waals surface area (Å²) in [6.45, 7) is 2.25. The zero-order valence-electron chi connectivity index (χ0n) is 9.21. The van der Waals surface area contributed by atoms with Crippen molar-refractivity contribution < 1.29 is 17.1 Å². The zero-order valence-corrected chi connectivity index (χ0v) is 10.0. The molecule has 1 aliphatic heterocycles. The van der Waals surface area contributed by atoms with E-state index < -0.39 is 21.4 Å². The Bertz CT molecular complexity index is 539. The zero-order chi connectivity index (χ0) is 12.6. The highest BCUT2D eigenvalue weighted by atomic mass is 32.3. The van der Waals surface area contributed by atoms with Gasteiger partial charge >= 0.3 is 10.2 Å². The summed E-state index contributed by atoms with van der Waals surface area (Å²) in [5, 5.41) is 2.71. The Morgan fingerprint density at radius 2 is 2.29 bits per heavy atom. The number of aryl methyl sites for hydroxylation is 1. The molecule has 0 radical (unpaired) electrons. The van der Waals surface area contributed by atoms with E-state index in [4.69, 9.17) is 0 Å². The van der Waals surface area contributed by atoms with Gasteiger partial charge < -0.3 is 0 Å². The maximum absolute atomic E-state index is 12.8. The Morgan fingerprint density at radius 1 is 1.59 bits per heavy atom. The molecule has 2 heterocycles. The van der Waals surface area contributed by atoms with Gasteiger partial charge in [0.15, 0.2) is 0 Å². The number of hydrogen-bond acceptors (Lipinski definition) is 4. The van der Waals surface area contributed by atoms with Gasteiger partial charge in [-0.3, -0.25) is 9.69 Å². The number of carbonyl (C=O) groups excluding carboxylic acids is 1. The van der Waals surface area contributed by atoms with E-state index in [9.17, 15) is 17.1 Å². The summed E-state index contributed by atoms with van der Waals surface area (Å²) in [5.74, 6) is 0.107. The van der Waals surface area contributed by atoms with Crippen LogP contribution in [-0.2, 0) is 21.6 Å². The molecule has 8 heteroatoms. The number of aromatic nitrogens is 2. The molecule has 1 saturated heterocycles. The van der Waals surface area contributed by atoms with Gasteiger partial charge in [0.1, 0.15) is 11.1 Å². The van der Waals surface area contributed by atoms with Crippen LogP contribution in [-0.4, -0.2) is 35.9 Å². The second kappa shape index (κ2) is 4.10. The molecule has 1 amide bonds. The average Bonchev–Trinajstić information content (AvgIpc) is 2.81. The Hall–Kier alpha value is -1.44. The molecule has 6 nitrogen and oxygen atoms in total. The van der Waals surface area contributed by atoms with Crippen LogP contribution >= 0.6 is 0 Å². The Kier molecular flexibility index (Phi) is 2.90. The first-order chi connectivity index (χ1) is 7.93. The number of carbonyl (C=O) groups is 1. The van der Waals surface area contributed by atoms with E-state index in [-0.39, 0.29) is 13.0 Å². The first-order valence-corrected chi connectivity index (χ1v) is 6.63. The third kappa shape index (κ3) is 2.17. The summed E-state index contributed by atoms with van der Waals surface area (Å²) in [4.78, 5) is 12.9. The monoisotopic (exact) mass is 261 g/mol. The van der Waals surface area contributed by atoms with Gasteiger partial charge in [-0.15, -0.1) is 3.89 Å². The van der Waals surface area contributed by atoms with Crippen molar-refractivity contribution >= 4 is 21.9 Å². The lowest BCUT2D eigenvalue weighted by Crippen LogP contribution is -2.29. The van der Waals surface area contributed by atoms with Gasteiger partial charge in [-0.1, -0.05) is 0 Å². The summed E-state index contributed by atoms with van der Waals surface area (Å²) in [6, 6.07) is 1.61. The van der Waals surface area contributed by atoms with Crippen molar-refractivity contribution in [2.45, 2.75) is 25.1 Å². The molecule has 1 aromatic heterocycles. The number of hydrogen-bond donors (Lipinski definition) is 0. The topological polar surface area (TPSA) is 72.3 Å². The maximum Gasteiger partial charge on any atom is 0.307 e. The minimum Gasteiger partial charge on any atom is -0.296 e. The molecule has 94 valence electrons. The van der Waals surface area contributed by atoms with Crippen LogP contribution in [0.5, 0.6) is 0 Å². The Morgan fingerprint density at radius 3 is 2.82 bits per heavy atom. The van der Waals surface area contributed by atoms with Crippen molar-refractivity contribution in [3.05, 3.63) is 12.3 Å². The summed E-state index contributed by atoms with van der Waals surface area (Å²) < 4.78 is 36.0. The predicted molar refractivity (Wildman–Crippen MR) is 58.7 cm³/mol. The van der Waals surface area contributed by atoms with Crippen LogP contribution in [0, 0.1) is 0 Å². The van der Waals surface area contributed by atoms with E-state index in [1.807, 2.05) is 6.92 Å². The van der Waals surface area contributed by atoms with Crippen LogP contribution < -0.4 is 4.90 Å². The van der Waals surface area contributed by atoms with E-state index in [1.54, 1.807) is 10.7 Å². The molecule has 1 aliphatic rings. The lowest BCUT2D eigenvalue weighted by atomic mass is 10.4. The van der Waals surface area contributed by atoms with Crippen LogP contribution in [0.3, 0.4) is 0 Å². The first kappa shape index (κ1) is 12.0. The summed E-state index contributed by atoms with van der Waals surface area (Å²) in [7, 11) is -4.67. The third-order valence-electron chi connectivity index (χ3n) is 2.76. The Balaban J connectivity index is 2.28. The van der Waals surface area contributed by atoms with Crippen molar-refractivity contribution in [3.8, 4) is 0 Å². The smallest absolute Gasteiger partial charge is 0.296 e. The molecule has 1 unspecified atom stereocenters. The van der Waals surface area contributed by atoms with Crippen LogP contribution in [0.15, 0.2) is 12.3 Å². The summed E-state index contributed by atoms with van der Waals surface area (Å²) >= 11 is 0. The lowest BCUT2D eigenvalue weighted by molar-refractivity contribution is -0.117. The normalized spacial score (nSPS) is 21.2. The quantitative estimate of drug-likeness (QED) is 0.734. The summed E-state index contributed by atoms with van der Waals surface area (Å²) in [6.07, 6.45) is 1.21. The number of rotatable bonds is 3. The molecular weight excluding hydrogens is 249 g/mol. The minimum absolute atomic E-state index is 0.149. The van der Waals surface area contributed by atoms with Crippen LogP contribution in [0.1, 0.15) is 13.3 Å². The SMILES string of the molecule is CCn1nccc1N1CC(S(=O)(=O)F)CC1=O. The van der Waals surface area contributed by atoms with Crippen molar-refractivity contribution in [2.24, 2.45) is 0 Å². The molecule has 0 aromatic carbocycles. The molecule has 1 fully saturated rings.